The summed E-state index contributed by atoms with van der Waals surface area (Å²) in [4.78, 5) is 20.2. The van der Waals surface area contributed by atoms with E-state index in [0.29, 0.717) is 29.1 Å². The van der Waals surface area contributed by atoms with Crippen molar-refractivity contribution >= 4 is 20.7 Å². The maximum Gasteiger partial charge on any atom is 0.419 e. The van der Waals surface area contributed by atoms with Gasteiger partial charge in [0.1, 0.15) is 16.2 Å². The smallest absolute Gasteiger partial charge is 0.265 e. The van der Waals surface area contributed by atoms with Crippen LogP contribution in [-0.2, 0) is 22.2 Å². The molecule has 0 aliphatic rings. The number of alkyl halides is 6. The topological polar surface area (TPSA) is 94.8 Å². The van der Waals surface area contributed by atoms with Crippen LogP contribution in [0.2, 0.25) is 0 Å². The molecule has 0 bridgehead atoms. The largest absolute Gasteiger partial charge is 0.419 e. The van der Waals surface area contributed by atoms with Crippen LogP contribution < -0.4 is 5.56 Å². The van der Waals surface area contributed by atoms with Gasteiger partial charge in [-0.05, 0) is 30.3 Å². The first-order valence-electron chi connectivity index (χ1n) is 10.2. The van der Waals surface area contributed by atoms with Crippen LogP contribution in [0.25, 0.3) is 28.0 Å². The lowest BCUT2D eigenvalue weighted by Crippen LogP contribution is -2.25. The quantitative estimate of drug-likeness (QED) is 0.341. The lowest BCUT2D eigenvalue weighted by Gasteiger charge is -2.14. The number of sulfone groups is 1. The van der Waals surface area contributed by atoms with Crippen LogP contribution in [-0.4, -0.2) is 33.9 Å². The number of rotatable bonds is 4. The molecule has 0 amide bonds. The van der Waals surface area contributed by atoms with Crippen LogP contribution in [0, 0.1) is 5.82 Å². The van der Waals surface area contributed by atoms with Crippen LogP contribution in [0.5, 0.6) is 0 Å². The fourth-order valence-corrected chi connectivity index (χ4v) is 4.38. The van der Waals surface area contributed by atoms with Gasteiger partial charge in [-0.3, -0.25) is 4.79 Å². The minimum Gasteiger partial charge on any atom is -0.265 e. The third-order valence-corrected chi connectivity index (χ3v) is 7.03. The third-order valence-electron chi connectivity index (χ3n) is 5.28. The molecule has 3 heterocycles. The SMILES string of the molecule is CCS(=O)(=O)c1ccc(-c2ccc(C(F)(F)F)c(F)c2)nc1-n1ncc2cc(C(F)(F)F)cnc2c1=O. The highest BCUT2D eigenvalue weighted by Crippen LogP contribution is 2.34. The Hall–Kier alpha value is -3.88. The van der Waals surface area contributed by atoms with Crippen molar-refractivity contribution in [2.45, 2.75) is 24.2 Å². The van der Waals surface area contributed by atoms with Crippen LogP contribution in [0.15, 0.2) is 58.5 Å². The van der Waals surface area contributed by atoms with Gasteiger partial charge in [0, 0.05) is 17.1 Å². The minimum absolute atomic E-state index is 0.172. The van der Waals surface area contributed by atoms with E-state index in [0.717, 1.165) is 24.4 Å². The fourth-order valence-electron chi connectivity index (χ4n) is 3.39. The molecule has 7 nitrogen and oxygen atoms in total. The van der Waals surface area contributed by atoms with E-state index in [2.05, 4.69) is 15.1 Å². The number of halogens is 7. The van der Waals surface area contributed by atoms with Crippen LogP contribution in [0.4, 0.5) is 30.7 Å². The van der Waals surface area contributed by atoms with Gasteiger partial charge in [0.05, 0.1) is 28.8 Å². The summed E-state index contributed by atoms with van der Waals surface area (Å²) in [6.07, 6.45) is -8.42. The second kappa shape index (κ2) is 8.90. The number of fused-ring (bicyclic) bond motifs is 1. The van der Waals surface area contributed by atoms with Crippen LogP contribution in [0.1, 0.15) is 18.1 Å². The van der Waals surface area contributed by atoms with Gasteiger partial charge in [0.25, 0.3) is 5.56 Å². The third kappa shape index (κ3) is 4.90. The van der Waals surface area contributed by atoms with E-state index < -0.39 is 66.7 Å². The van der Waals surface area contributed by atoms with Crippen molar-refractivity contribution in [3.63, 3.8) is 0 Å². The summed E-state index contributed by atoms with van der Waals surface area (Å²) in [5.74, 6) is -2.64. The maximum atomic E-state index is 14.1. The fraction of sp³-hybridized carbons (Fsp3) is 0.182. The molecule has 0 fully saturated rings. The van der Waals surface area contributed by atoms with E-state index in [9.17, 15) is 43.9 Å². The van der Waals surface area contributed by atoms with Crippen molar-refractivity contribution in [2.75, 3.05) is 5.75 Å². The molecule has 0 aliphatic heterocycles. The van der Waals surface area contributed by atoms with E-state index in [4.69, 9.17) is 0 Å². The second-order valence-electron chi connectivity index (χ2n) is 7.64. The number of benzene rings is 1. The van der Waals surface area contributed by atoms with Crippen molar-refractivity contribution in [1.82, 2.24) is 19.7 Å². The summed E-state index contributed by atoms with van der Waals surface area (Å²) in [6, 6.07) is 4.69. The number of nitrogens with zero attached hydrogens (tertiary/aromatic N) is 4. The molecule has 0 N–H and O–H groups in total. The lowest BCUT2D eigenvalue weighted by molar-refractivity contribution is -0.140. The first kappa shape index (κ1) is 26.2. The predicted octanol–water partition coefficient (Wildman–Crippen LogP) is 4.81. The molecule has 0 radical (unpaired) electrons. The highest BCUT2D eigenvalue weighted by molar-refractivity contribution is 7.91. The highest BCUT2D eigenvalue weighted by Gasteiger charge is 2.34. The number of aromatic nitrogens is 4. The zero-order valence-corrected chi connectivity index (χ0v) is 19.2. The Labute approximate surface area is 203 Å². The van der Waals surface area contributed by atoms with Crippen molar-refractivity contribution in [1.29, 1.82) is 0 Å². The first-order valence-corrected chi connectivity index (χ1v) is 11.9. The number of hydrogen-bond acceptors (Lipinski definition) is 6. The summed E-state index contributed by atoms with van der Waals surface area (Å²) in [5.41, 5.74) is -4.63. The Morgan fingerprint density at radius 1 is 0.946 bits per heavy atom. The Kier molecular flexibility index (Phi) is 6.30. The van der Waals surface area contributed by atoms with Crippen molar-refractivity contribution in [3.8, 4) is 17.1 Å². The molecule has 0 saturated carbocycles. The van der Waals surface area contributed by atoms with Crippen molar-refractivity contribution in [2.24, 2.45) is 0 Å². The molecule has 0 unspecified atom stereocenters. The summed E-state index contributed by atoms with van der Waals surface area (Å²) in [7, 11) is -4.06. The molecule has 0 saturated heterocycles. The zero-order valence-electron chi connectivity index (χ0n) is 18.4. The molecule has 15 heteroatoms. The van der Waals surface area contributed by atoms with Gasteiger partial charge in [-0.25, -0.2) is 22.8 Å². The van der Waals surface area contributed by atoms with Gasteiger partial charge in [0.15, 0.2) is 15.7 Å². The second-order valence-corrected chi connectivity index (χ2v) is 9.88. The Morgan fingerprint density at radius 3 is 2.24 bits per heavy atom. The van der Waals surface area contributed by atoms with Gasteiger partial charge < -0.3 is 0 Å². The average Bonchev–Trinajstić information content (AvgIpc) is 2.82. The maximum absolute atomic E-state index is 14.1. The molecule has 37 heavy (non-hydrogen) atoms. The highest BCUT2D eigenvalue weighted by atomic mass is 32.2. The lowest BCUT2D eigenvalue weighted by atomic mass is 10.1. The molecule has 4 aromatic rings. The molecule has 0 spiro atoms. The molecule has 1 aromatic carbocycles. The predicted molar refractivity (Wildman–Crippen MR) is 116 cm³/mol. The van der Waals surface area contributed by atoms with Crippen LogP contribution >= 0.6 is 0 Å². The molecule has 194 valence electrons. The van der Waals surface area contributed by atoms with E-state index in [1.54, 1.807) is 0 Å². The van der Waals surface area contributed by atoms with Gasteiger partial charge in [-0.1, -0.05) is 13.0 Å². The van der Waals surface area contributed by atoms with Crippen molar-refractivity contribution < 1.29 is 39.2 Å². The Balaban J connectivity index is 1.95. The standard InChI is InChI=1S/C22H13F7N4O3S/c1-2-37(35,36)17-6-5-16(11-3-4-14(15(23)8-11)22(27,28)29)32-19(17)33-20(34)18-12(9-31-33)7-13(10-30-18)21(24,25)26/h3-10H,2H2,1H3. The van der Waals surface area contributed by atoms with Gasteiger partial charge in [-0.15, -0.1) is 0 Å². The van der Waals surface area contributed by atoms with E-state index in [1.165, 1.54) is 6.92 Å². The first-order chi connectivity index (χ1) is 17.1. The normalized spacial score (nSPS) is 12.8. The molecule has 0 atom stereocenters. The molecule has 3 aromatic heterocycles. The molecule has 0 aliphatic carbocycles. The number of pyridine rings is 2. The van der Waals surface area contributed by atoms with E-state index >= 15 is 0 Å². The summed E-state index contributed by atoms with van der Waals surface area (Å²) < 4.78 is 118. The van der Waals surface area contributed by atoms with Gasteiger partial charge >= 0.3 is 12.4 Å². The zero-order chi connectivity index (χ0) is 27.3. The Morgan fingerprint density at radius 2 is 1.65 bits per heavy atom. The van der Waals surface area contributed by atoms with Crippen LogP contribution in [0.3, 0.4) is 0 Å². The van der Waals surface area contributed by atoms with Gasteiger partial charge in [0.2, 0.25) is 0 Å². The summed E-state index contributed by atoms with van der Waals surface area (Å²) in [6.45, 7) is 1.30. The average molecular weight is 546 g/mol. The Bertz CT molecular complexity index is 1700. The van der Waals surface area contributed by atoms with E-state index in [1.807, 2.05) is 0 Å². The summed E-state index contributed by atoms with van der Waals surface area (Å²) >= 11 is 0. The monoisotopic (exact) mass is 546 g/mol. The van der Waals surface area contributed by atoms with E-state index in [-0.39, 0.29) is 16.6 Å². The number of hydrogen-bond donors (Lipinski definition) is 0. The minimum atomic E-state index is -4.96. The molecule has 4 rings (SSSR count). The van der Waals surface area contributed by atoms with Gasteiger partial charge in [-0.2, -0.15) is 36.1 Å². The molecular weight excluding hydrogens is 533 g/mol. The summed E-state index contributed by atoms with van der Waals surface area (Å²) in [5, 5.41) is 3.47. The van der Waals surface area contributed by atoms with Crippen molar-refractivity contribution in [3.05, 3.63) is 76.1 Å². The molecular formula is C22H13F7N4O3S.